The van der Waals surface area contributed by atoms with Crippen LogP contribution >= 0.6 is 0 Å². The molecule has 29 heavy (non-hydrogen) atoms. The minimum Gasteiger partial charge on any atom is -0.381 e. The van der Waals surface area contributed by atoms with Crippen molar-refractivity contribution in [3.8, 4) is 0 Å². The van der Waals surface area contributed by atoms with Crippen LogP contribution in [0.5, 0.6) is 0 Å². The van der Waals surface area contributed by atoms with E-state index in [0.717, 1.165) is 35.5 Å². The van der Waals surface area contributed by atoms with Gasteiger partial charge >= 0.3 is 0 Å². The van der Waals surface area contributed by atoms with Gasteiger partial charge in [-0.3, -0.25) is 0 Å². The average molecular weight is 401 g/mol. The fourth-order valence-electron chi connectivity index (χ4n) is 8.85. The van der Waals surface area contributed by atoms with Crippen LogP contribution in [-0.2, 0) is 4.74 Å². The molecular formula is C28H48O. The van der Waals surface area contributed by atoms with Crippen LogP contribution in [0.4, 0.5) is 0 Å². The summed E-state index contributed by atoms with van der Waals surface area (Å²) in [6.07, 6.45) is 18.7. The summed E-state index contributed by atoms with van der Waals surface area (Å²) in [6.45, 7) is 12.7. The third-order valence-electron chi connectivity index (χ3n) is 10.6. The minimum atomic E-state index is 0.472. The molecule has 4 rings (SSSR count). The maximum Gasteiger partial charge on any atom is 0.0608 e. The monoisotopic (exact) mass is 400 g/mol. The highest BCUT2D eigenvalue weighted by Crippen LogP contribution is 2.67. The summed E-state index contributed by atoms with van der Waals surface area (Å²) in [5, 5.41) is 0. The Hall–Kier alpha value is -0.300. The SMILES string of the molecule is COC1CC[C@@]2(C)C(=CCC3C2CC[C@@]2(C)C3CC[C@@H]2[C@H](C)CCCC(C)C)C1. The molecule has 1 heteroatoms. The molecule has 4 unspecified atom stereocenters. The van der Waals surface area contributed by atoms with E-state index in [1.54, 1.807) is 5.57 Å². The van der Waals surface area contributed by atoms with Crippen LogP contribution in [0, 0.1) is 46.3 Å². The van der Waals surface area contributed by atoms with Crippen LogP contribution in [0.25, 0.3) is 0 Å². The van der Waals surface area contributed by atoms with E-state index in [1.807, 2.05) is 7.11 Å². The fourth-order valence-corrected chi connectivity index (χ4v) is 8.85. The van der Waals surface area contributed by atoms with Gasteiger partial charge in [0.05, 0.1) is 6.10 Å². The highest BCUT2D eigenvalue weighted by Gasteiger charge is 2.59. The topological polar surface area (TPSA) is 9.23 Å². The lowest BCUT2D eigenvalue weighted by atomic mass is 9.47. The van der Waals surface area contributed by atoms with E-state index < -0.39 is 0 Å². The summed E-state index contributed by atoms with van der Waals surface area (Å²) >= 11 is 0. The summed E-state index contributed by atoms with van der Waals surface area (Å²) in [5.41, 5.74) is 2.85. The molecule has 8 atom stereocenters. The largest absolute Gasteiger partial charge is 0.381 e. The van der Waals surface area contributed by atoms with E-state index in [-0.39, 0.29) is 0 Å². The average Bonchev–Trinajstić information content (AvgIpc) is 3.04. The number of ether oxygens (including phenoxy) is 1. The van der Waals surface area contributed by atoms with E-state index in [4.69, 9.17) is 4.74 Å². The van der Waals surface area contributed by atoms with Crippen molar-refractivity contribution in [3.05, 3.63) is 11.6 Å². The molecule has 4 aliphatic carbocycles. The number of fused-ring (bicyclic) bond motifs is 5. The fraction of sp³-hybridized carbons (Fsp3) is 0.929. The number of hydrogen-bond donors (Lipinski definition) is 0. The van der Waals surface area contributed by atoms with E-state index in [0.29, 0.717) is 16.9 Å². The predicted octanol–water partition coefficient (Wildman–Crippen LogP) is 8.04. The van der Waals surface area contributed by atoms with Gasteiger partial charge in [-0.1, -0.05) is 65.5 Å². The maximum atomic E-state index is 5.75. The van der Waals surface area contributed by atoms with Crippen molar-refractivity contribution in [2.75, 3.05) is 7.11 Å². The summed E-state index contributed by atoms with van der Waals surface area (Å²) in [6, 6.07) is 0. The van der Waals surface area contributed by atoms with Gasteiger partial charge in [0.1, 0.15) is 0 Å². The molecule has 3 saturated carbocycles. The first-order valence-electron chi connectivity index (χ1n) is 13.0. The quantitative estimate of drug-likeness (QED) is 0.410. The molecule has 3 fully saturated rings. The van der Waals surface area contributed by atoms with Gasteiger partial charge in [-0.15, -0.1) is 0 Å². The van der Waals surface area contributed by atoms with Crippen molar-refractivity contribution in [2.24, 2.45) is 46.3 Å². The zero-order valence-corrected chi connectivity index (χ0v) is 20.3. The molecule has 0 aromatic carbocycles. The molecule has 0 aromatic heterocycles. The number of hydrogen-bond acceptors (Lipinski definition) is 1. The minimum absolute atomic E-state index is 0.472. The van der Waals surface area contributed by atoms with E-state index in [9.17, 15) is 0 Å². The van der Waals surface area contributed by atoms with Gasteiger partial charge in [-0.25, -0.2) is 0 Å². The zero-order valence-electron chi connectivity index (χ0n) is 20.3. The second-order valence-electron chi connectivity index (χ2n) is 12.4. The van der Waals surface area contributed by atoms with Crippen LogP contribution in [0.1, 0.15) is 105 Å². The molecule has 166 valence electrons. The molecule has 4 aliphatic rings. The first kappa shape index (κ1) is 21.9. The van der Waals surface area contributed by atoms with Crippen LogP contribution in [-0.4, -0.2) is 13.2 Å². The molecule has 0 spiro atoms. The molecule has 0 saturated heterocycles. The van der Waals surface area contributed by atoms with Gasteiger partial charge in [-0.2, -0.15) is 0 Å². The Balaban J connectivity index is 1.48. The second kappa shape index (κ2) is 8.33. The van der Waals surface area contributed by atoms with Crippen molar-refractivity contribution in [3.63, 3.8) is 0 Å². The Morgan fingerprint density at radius 3 is 2.52 bits per heavy atom. The summed E-state index contributed by atoms with van der Waals surface area (Å²) in [5.74, 6) is 5.63. The summed E-state index contributed by atoms with van der Waals surface area (Å²) in [7, 11) is 1.91. The lowest BCUT2D eigenvalue weighted by Crippen LogP contribution is -2.50. The standard InChI is InChI=1S/C28H48O/c1-19(2)8-7-9-20(3)24-12-13-25-23-11-10-21-18-22(29-6)14-16-27(21,4)26(23)15-17-28(24,25)5/h10,19-20,22-26H,7-9,11-18H2,1-6H3/t20-,22?,23?,24-,25?,26?,27+,28-/m1/s1. The highest BCUT2D eigenvalue weighted by molar-refractivity contribution is 5.25. The predicted molar refractivity (Wildman–Crippen MR) is 124 cm³/mol. The Morgan fingerprint density at radius 2 is 1.79 bits per heavy atom. The van der Waals surface area contributed by atoms with Crippen LogP contribution < -0.4 is 0 Å². The van der Waals surface area contributed by atoms with Crippen LogP contribution in [0.3, 0.4) is 0 Å². The van der Waals surface area contributed by atoms with E-state index in [2.05, 4.69) is 40.7 Å². The first-order chi connectivity index (χ1) is 13.8. The molecule has 0 radical (unpaired) electrons. The van der Waals surface area contributed by atoms with Crippen LogP contribution in [0.2, 0.25) is 0 Å². The molecule has 1 nitrogen and oxygen atoms in total. The molecule has 0 N–H and O–H groups in total. The Morgan fingerprint density at radius 1 is 1.00 bits per heavy atom. The van der Waals surface area contributed by atoms with Crippen molar-refractivity contribution in [1.29, 1.82) is 0 Å². The molecule has 0 heterocycles. The lowest BCUT2D eigenvalue weighted by Gasteiger charge is -2.58. The Kier molecular flexibility index (Phi) is 6.29. The molecule has 0 amide bonds. The molecule has 0 aromatic rings. The van der Waals surface area contributed by atoms with E-state index >= 15 is 0 Å². The molecule has 0 aliphatic heterocycles. The van der Waals surface area contributed by atoms with Crippen molar-refractivity contribution in [2.45, 2.75) is 111 Å². The molecule has 0 bridgehead atoms. The van der Waals surface area contributed by atoms with Gasteiger partial charge in [0.2, 0.25) is 0 Å². The van der Waals surface area contributed by atoms with Gasteiger partial charge < -0.3 is 4.74 Å². The highest BCUT2D eigenvalue weighted by atomic mass is 16.5. The second-order valence-corrected chi connectivity index (χ2v) is 12.4. The van der Waals surface area contributed by atoms with Gasteiger partial charge in [0, 0.05) is 7.11 Å². The smallest absolute Gasteiger partial charge is 0.0608 e. The van der Waals surface area contributed by atoms with Crippen molar-refractivity contribution in [1.82, 2.24) is 0 Å². The molecular weight excluding hydrogens is 352 g/mol. The maximum absolute atomic E-state index is 5.75. The first-order valence-corrected chi connectivity index (χ1v) is 13.0. The van der Waals surface area contributed by atoms with Gasteiger partial charge in [0.15, 0.2) is 0 Å². The lowest BCUT2D eigenvalue weighted by molar-refractivity contribution is -0.0601. The van der Waals surface area contributed by atoms with Crippen molar-refractivity contribution >= 4 is 0 Å². The number of rotatable bonds is 6. The Bertz CT molecular complexity index is 605. The van der Waals surface area contributed by atoms with Crippen molar-refractivity contribution < 1.29 is 4.74 Å². The number of methoxy groups -OCH3 is 1. The summed E-state index contributed by atoms with van der Waals surface area (Å²) < 4.78 is 5.75. The number of allylic oxidation sites excluding steroid dienone is 1. The Labute approximate surface area is 181 Å². The zero-order chi connectivity index (χ0) is 20.8. The normalized spacial score (nSPS) is 45.3. The summed E-state index contributed by atoms with van der Waals surface area (Å²) in [4.78, 5) is 0. The van der Waals surface area contributed by atoms with Gasteiger partial charge in [0.25, 0.3) is 0 Å². The third kappa shape index (κ3) is 3.77. The third-order valence-corrected chi connectivity index (χ3v) is 10.6. The van der Waals surface area contributed by atoms with E-state index in [1.165, 1.54) is 70.6 Å². The van der Waals surface area contributed by atoms with Gasteiger partial charge in [-0.05, 0) is 97.7 Å². The van der Waals surface area contributed by atoms with Crippen LogP contribution in [0.15, 0.2) is 11.6 Å².